The Kier molecular flexibility index (Phi) is 4.04. The first-order valence-corrected chi connectivity index (χ1v) is 6.69. The van der Waals surface area contributed by atoms with Gasteiger partial charge in [0.2, 0.25) is 0 Å². The second kappa shape index (κ2) is 5.57. The van der Waals surface area contributed by atoms with E-state index in [1.165, 1.54) is 0 Å². The standard InChI is InChI=1S/C14H22N4O/c1-9(2)18-7-6-13(16-18)8-15-10(3)14-11(4)17-19-12(14)5/h6-7,9-10,15H,8H2,1-5H3. The summed E-state index contributed by atoms with van der Waals surface area (Å²) in [6.07, 6.45) is 2.02. The summed E-state index contributed by atoms with van der Waals surface area (Å²) in [6.45, 7) is 11.0. The van der Waals surface area contributed by atoms with Crippen LogP contribution in [0.15, 0.2) is 16.8 Å². The molecule has 0 bridgehead atoms. The molecule has 5 nitrogen and oxygen atoms in total. The zero-order valence-electron chi connectivity index (χ0n) is 12.3. The lowest BCUT2D eigenvalue weighted by molar-refractivity contribution is 0.390. The van der Waals surface area contributed by atoms with E-state index in [9.17, 15) is 0 Å². The fraction of sp³-hybridized carbons (Fsp3) is 0.571. The van der Waals surface area contributed by atoms with E-state index in [4.69, 9.17) is 4.52 Å². The van der Waals surface area contributed by atoms with Crippen LogP contribution in [0.5, 0.6) is 0 Å². The van der Waals surface area contributed by atoms with Gasteiger partial charge in [-0.25, -0.2) is 0 Å². The first-order valence-electron chi connectivity index (χ1n) is 6.69. The van der Waals surface area contributed by atoms with Crippen LogP contribution < -0.4 is 5.32 Å². The van der Waals surface area contributed by atoms with E-state index in [-0.39, 0.29) is 6.04 Å². The molecule has 0 aliphatic carbocycles. The van der Waals surface area contributed by atoms with Crippen molar-refractivity contribution in [3.8, 4) is 0 Å². The molecular formula is C14H22N4O. The van der Waals surface area contributed by atoms with Crippen molar-refractivity contribution < 1.29 is 4.52 Å². The van der Waals surface area contributed by atoms with Gasteiger partial charge in [0, 0.05) is 30.4 Å². The molecule has 1 N–H and O–H groups in total. The molecule has 0 spiro atoms. The number of rotatable bonds is 5. The highest BCUT2D eigenvalue weighted by Gasteiger charge is 2.16. The minimum Gasteiger partial charge on any atom is -0.361 e. The average Bonchev–Trinajstić information content (AvgIpc) is 2.94. The fourth-order valence-electron chi connectivity index (χ4n) is 2.23. The Bertz CT molecular complexity index is 522. The quantitative estimate of drug-likeness (QED) is 0.900. The van der Waals surface area contributed by atoms with Gasteiger partial charge in [0.15, 0.2) is 0 Å². The van der Waals surface area contributed by atoms with E-state index < -0.39 is 0 Å². The number of hydrogen-bond donors (Lipinski definition) is 1. The number of nitrogens with zero attached hydrogens (tertiary/aromatic N) is 3. The lowest BCUT2D eigenvalue weighted by atomic mass is 10.1. The SMILES string of the molecule is Cc1noc(C)c1C(C)NCc1ccn(C(C)C)n1. The first kappa shape index (κ1) is 13.8. The van der Waals surface area contributed by atoms with Crippen LogP contribution in [0.3, 0.4) is 0 Å². The van der Waals surface area contributed by atoms with Crippen LogP contribution in [0.4, 0.5) is 0 Å². The van der Waals surface area contributed by atoms with Crippen molar-refractivity contribution in [2.24, 2.45) is 0 Å². The predicted molar refractivity (Wildman–Crippen MR) is 73.8 cm³/mol. The summed E-state index contributed by atoms with van der Waals surface area (Å²) in [5, 5.41) is 12.0. The lowest BCUT2D eigenvalue weighted by Gasteiger charge is -2.12. The average molecular weight is 262 g/mol. The molecular weight excluding hydrogens is 240 g/mol. The summed E-state index contributed by atoms with van der Waals surface area (Å²) in [6, 6.07) is 2.65. The summed E-state index contributed by atoms with van der Waals surface area (Å²) in [4.78, 5) is 0. The molecule has 0 aromatic carbocycles. The number of aryl methyl sites for hydroxylation is 2. The van der Waals surface area contributed by atoms with Gasteiger partial charge >= 0.3 is 0 Å². The van der Waals surface area contributed by atoms with Gasteiger partial charge in [0.25, 0.3) is 0 Å². The van der Waals surface area contributed by atoms with Crippen molar-refractivity contribution in [1.82, 2.24) is 20.3 Å². The van der Waals surface area contributed by atoms with Gasteiger partial charge in [0.05, 0.1) is 11.4 Å². The Hall–Kier alpha value is -1.62. The zero-order valence-corrected chi connectivity index (χ0v) is 12.3. The molecule has 2 aromatic rings. The molecule has 2 heterocycles. The molecule has 0 saturated carbocycles. The van der Waals surface area contributed by atoms with E-state index in [2.05, 4.69) is 36.3 Å². The van der Waals surface area contributed by atoms with Crippen molar-refractivity contribution in [2.45, 2.75) is 53.2 Å². The molecule has 0 fully saturated rings. The highest BCUT2D eigenvalue weighted by atomic mass is 16.5. The molecule has 2 rings (SSSR count). The highest BCUT2D eigenvalue weighted by Crippen LogP contribution is 2.21. The van der Waals surface area contributed by atoms with Crippen molar-refractivity contribution in [2.75, 3.05) is 0 Å². The van der Waals surface area contributed by atoms with Crippen LogP contribution in [0.2, 0.25) is 0 Å². The highest BCUT2D eigenvalue weighted by molar-refractivity contribution is 5.24. The van der Waals surface area contributed by atoms with E-state index in [1.807, 2.05) is 30.8 Å². The van der Waals surface area contributed by atoms with Crippen LogP contribution >= 0.6 is 0 Å². The minimum atomic E-state index is 0.204. The van der Waals surface area contributed by atoms with Gasteiger partial charge in [0.1, 0.15) is 5.76 Å². The number of aromatic nitrogens is 3. The molecule has 19 heavy (non-hydrogen) atoms. The summed E-state index contributed by atoms with van der Waals surface area (Å²) < 4.78 is 7.16. The first-order chi connectivity index (χ1) is 8.99. The van der Waals surface area contributed by atoms with Crippen molar-refractivity contribution in [3.05, 3.63) is 35.0 Å². The van der Waals surface area contributed by atoms with Gasteiger partial charge in [-0.15, -0.1) is 0 Å². The molecule has 0 aliphatic heterocycles. The molecule has 1 unspecified atom stereocenters. The number of hydrogen-bond acceptors (Lipinski definition) is 4. The van der Waals surface area contributed by atoms with Crippen molar-refractivity contribution in [1.29, 1.82) is 0 Å². The maximum Gasteiger partial charge on any atom is 0.138 e. The molecule has 0 amide bonds. The van der Waals surface area contributed by atoms with Gasteiger partial charge in [-0.1, -0.05) is 5.16 Å². The molecule has 2 aromatic heterocycles. The van der Waals surface area contributed by atoms with Crippen LogP contribution in [0, 0.1) is 13.8 Å². The van der Waals surface area contributed by atoms with Crippen molar-refractivity contribution in [3.63, 3.8) is 0 Å². The summed E-state index contributed by atoms with van der Waals surface area (Å²) in [5.74, 6) is 0.880. The van der Waals surface area contributed by atoms with Gasteiger partial charge in [-0.05, 0) is 40.7 Å². The summed E-state index contributed by atoms with van der Waals surface area (Å²) in [7, 11) is 0. The fourth-order valence-corrected chi connectivity index (χ4v) is 2.23. The normalized spacial score (nSPS) is 13.2. The predicted octanol–water partition coefficient (Wildman–Crippen LogP) is 2.92. The largest absolute Gasteiger partial charge is 0.361 e. The maximum absolute atomic E-state index is 5.19. The third-order valence-electron chi connectivity index (χ3n) is 3.30. The number of nitrogens with one attached hydrogen (secondary N) is 1. The topological polar surface area (TPSA) is 55.9 Å². The second-order valence-corrected chi connectivity index (χ2v) is 5.22. The monoisotopic (exact) mass is 262 g/mol. The van der Waals surface area contributed by atoms with E-state index in [0.29, 0.717) is 6.04 Å². The second-order valence-electron chi connectivity index (χ2n) is 5.22. The molecule has 0 saturated heterocycles. The van der Waals surface area contributed by atoms with Crippen LogP contribution in [0.25, 0.3) is 0 Å². The van der Waals surface area contributed by atoms with E-state index in [1.54, 1.807) is 0 Å². The Morgan fingerprint density at radius 1 is 1.32 bits per heavy atom. The van der Waals surface area contributed by atoms with E-state index >= 15 is 0 Å². The molecule has 104 valence electrons. The molecule has 0 aliphatic rings. The van der Waals surface area contributed by atoms with Crippen molar-refractivity contribution >= 4 is 0 Å². The Morgan fingerprint density at radius 2 is 2.05 bits per heavy atom. The Labute approximate surface area is 114 Å². The van der Waals surface area contributed by atoms with E-state index in [0.717, 1.165) is 29.3 Å². The third-order valence-corrected chi connectivity index (χ3v) is 3.30. The summed E-state index contributed by atoms with van der Waals surface area (Å²) >= 11 is 0. The molecule has 1 atom stereocenters. The van der Waals surface area contributed by atoms with Crippen LogP contribution in [-0.2, 0) is 6.54 Å². The van der Waals surface area contributed by atoms with Crippen LogP contribution in [-0.4, -0.2) is 14.9 Å². The smallest absolute Gasteiger partial charge is 0.138 e. The lowest BCUT2D eigenvalue weighted by Crippen LogP contribution is -2.19. The Balaban J connectivity index is 1.98. The van der Waals surface area contributed by atoms with Gasteiger partial charge < -0.3 is 9.84 Å². The summed E-state index contributed by atoms with van der Waals surface area (Å²) in [5.41, 5.74) is 3.14. The van der Waals surface area contributed by atoms with Gasteiger partial charge in [-0.2, -0.15) is 5.10 Å². The molecule has 0 radical (unpaired) electrons. The Morgan fingerprint density at radius 3 is 2.58 bits per heavy atom. The zero-order chi connectivity index (χ0) is 14.0. The maximum atomic E-state index is 5.19. The molecule has 5 heteroatoms. The van der Waals surface area contributed by atoms with Gasteiger partial charge in [-0.3, -0.25) is 4.68 Å². The third kappa shape index (κ3) is 3.04. The minimum absolute atomic E-state index is 0.204. The van der Waals surface area contributed by atoms with Crippen LogP contribution in [0.1, 0.15) is 55.6 Å².